The number of nitrogens with two attached hydrogens (primary N) is 2. The number of allylic oxidation sites excluding steroid dienone is 8. The van der Waals surface area contributed by atoms with Crippen LogP contribution in [0.15, 0.2) is 83.8 Å². The highest BCUT2D eigenvalue weighted by atomic mass is 19.1. The molecule has 4 heteroatoms. The normalized spacial score (nSPS) is 13.0. The fraction of sp³-hybridized carbons (Fsp3) is 0.217. The molecule has 4 N–H and O–H groups in total. The Bertz CT molecular complexity index is 823. The second-order valence-corrected chi connectivity index (χ2v) is 6.33. The van der Waals surface area contributed by atoms with Crippen LogP contribution in [0.1, 0.15) is 33.3 Å². The molecule has 0 atom stereocenters. The first-order valence-corrected chi connectivity index (χ1v) is 8.73. The topological polar surface area (TPSA) is 61.3 Å². The number of rotatable bonds is 8. The molecule has 0 bridgehead atoms. The Labute approximate surface area is 161 Å². The lowest BCUT2D eigenvalue weighted by atomic mass is 9.95. The maximum atomic E-state index is 14.3. The van der Waals surface area contributed by atoms with Gasteiger partial charge in [0.15, 0.2) is 0 Å². The maximum absolute atomic E-state index is 14.3. The minimum atomic E-state index is -0.358. The van der Waals surface area contributed by atoms with E-state index in [9.17, 15) is 4.39 Å². The maximum Gasteiger partial charge on any atom is 0.133 e. The van der Waals surface area contributed by atoms with E-state index >= 15 is 0 Å². The summed E-state index contributed by atoms with van der Waals surface area (Å²) in [6, 6.07) is 4.68. The van der Waals surface area contributed by atoms with Crippen LogP contribution in [0.5, 0.6) is 0 Å². The lowest BCUT2D eigenvalue weighted by Gasteiger charge is -2.11. The average Bonchev–Trinajstić information content (AvgIpc) is 2.60. The fourth-order valence-electron chi connectivity index (χ4n) is 2.43. The van der Waals surface area contributed by atoms with Crippen molar-refractivity contribution in [2.45, 2.75) is 27.7 Å². The van der Waals surface area contributed by atoms with Crippen molar-refractivity contribution in [2.24, 2.45) is 5.73 Å². The predicted octanol–water partition coefficient (Wildman–Crippen LogP) is 5.65. The van der Waals surface area contributed by atoms with E-state index in [1.165, 1.54) is 17.8 Å². The first-order valence-electron chi connectivity index (χ1n) is 8.73. The van der Waals surface area contributed by atoms with Crippen LogP contribution in [0.2, 0.25) is 0 Å². The van der Waals surface area contributed by atoms with E-state index in [0.29, 0.717) is 23.4 Å². The van der Waals surface area contributed by atoms with Crippen LogP contribution in [0.25, 0.3) is 5.57 Å². The van der Waals surface area contributed by atoms with Crippen LogP contribution in [0.4, 0.5) is 10.1 Å². The highest BCUT2D eigenvalue weighted by Gasteiger charge is 2.10. The third kappa shape index (κ3) is 7.02. The first kappa shape index (κ1) is 22.0. The molecule has 144 valence electrons. The van der Waals surface area contributed by atoms with E-state index in [-0.39, 0.29) is 5.82 Å². The molecule has 27 heavy (non-hydrogen) atoms. The molecule has 1 aromatic carbocycles. The van der Waals surface area contributed by atoms with Gasteiger partial charge < -0.3 is 16.2 Å². The number of benzene rings is 1. The molecule has 0 saturated heterocycles. The molecular formula is C23H29FN2O. The van der Waals surface area contributed by atoms with E-state index in [1.807, 2.05) is 45.9 Å². The number of nitrogen functional groups attached to an aromatic ring is 1. The summed E-state index contributed by atoms with van der Waals surface area (Å²) in [6.07, 6.45) is 10.5. The summed E-state index contributed by atoms with van der Waals surface area (Å²) in [4.78, 5) is 0. The number of halogens is 1. The average molecular weight is 368 g/mol. The zero-order valence-electron chi connectivity index (χ0n) is 16.6. The van der Waals surface area contributed by atoms with Crippen LogP contribution in [0.3, 0.4) is 0 Å². The molecule has 0 aliphatic heterocycles. The molecule has 3 nitrogen and oxygen atoms in total. The zero-order chi connectivity index (χ0) is 20.4. The van der Waals surface area contributed by atoms with Crippen molar-refractivity contribution in [1.82, 2.24) is 0 Å². The molecule has 0 aliphatic rings. The molecule has 0 aliphatic carbocycles. The summed E-state index contributed by atoms with van der Waals surface area (Å²) in [5.41, 5.74) is 16.5. The lowest BCUT2D eigenvalue weighted by molar-refractivity contribution is 0.289. The van der Waals surface area contributed by atoms with Gasteiger partial charge in [-0.3, -0.25) is 0 Å². The summed E-state index contributed by atoms with van der Waals surface area (Å²) in [5.74, 6) is -0.358. The van der Waals surface area contributed by atoms with Gasteiger partial charge >= 0.3 is 0 Å². The Morgan fingerprint density at radius 3 is 2.52 bits per heavy atom. The highest BCUT2D eigenvalue weighted by molar-refractivity contribution is 5.80. The second-order valence-electron chi connectivity index (χ2n) is 6.33. The summed E-state index contributed by atoms with van der Waals surface area (Å²) in [6.45, 7) is 12.3. The van der Waals surface area contributed by atoms with Crippen molar-refractivity contribution in [3.8, 4) is 0 Å². The smallest absolute Gasteiger partial charge is 0.133 e. The Morgan fingerprint density at radius 2 is 1.96 bits per heavy atom. The molecule has 1 rings (SSSR count). The fourth-order valence-corrected chi connectivity index (χ4v) is 2.43. The lowest BCUT2D eigenvalue weighted by Crippen LogP contribution is -1.96. The van der Waals surface area contributed by atoms with E-state index in [0.717, 1.165) is 16.7 Å². The SMILES string of the molecule is C=C(/C=C(C)\C(=C/C)c1ccc(N)cc1F)C(/C=C\OCC=C(C)C)=C/N. The van der Waals surface area contributed by atoms with Gasteiger partial charge in [-0.05, 0) is 80.3 Å². The minimum absolute atomic E-state index is 0.358. The Kier molecular flexibility index (Phi) is 8.86. The largest absolute Gasteiger partial charge is 0.497 e. The summed E-state index contributed by atoms with van der Waals surface area (Å²) >= 11 is 0. The van der Waals surface area contributed by atoms with Gasteiger partial charge in [-0.1, -0.05) is 24.3 Å². The van der Waals surface area contributed by atoms with Gasteiger partial charge in [0.25, 0.3) is 0 Å². The molecule has 0 spiro atoms. The van der Waals surface area contributed by atoms with E-state index < -0.39 is 0 Å². The molecule has 0 heterocycles. The molecule has 0 aromatic heterocycles. The molecule has 0 fully saturated rings. The summed E-state index contributed by atoms with van der Waals surface area (Å²) in [5, 5.41) is 0. The molecule has 1 aromatic rings. The molecule has 0 amide bonds. The molecule has 0 unspecified atom stereocenters. The Morgan fingerprint density at radius 1 is 1.26 bits per heavy atom. The number of hydrogen-bond acceptors (Lipinski definition) is 3. The standard InChI is InChI=1S/C23H29FN2O/c1-6-21(22-8-7-20(26)14-23(22)24)18(5)13-17(4)19(15-25)10-12-27-11-9-16(2)3/h6-10,12-15H,4,11,25-26H2,1-3,5H3/b12-10-,18-13-,19-15+,21-6+. The second kappa shape index (κ2) is 10.9. The highest BCUT2D eigenvalue weighted by Crippen LogP contribution is 2.28. The van der Waals surface area contributed by atoms with Gasteiger partial charge in [-0.25, -0.2) is 4.39 Å². The third-order valence-corrected chi connectivity index (χ3v) is 3.87. The molecule has 0 radical (unpaired) electrons. The van der Waals surface area contributed by atoms with Crippen LogP contribution in [-0.4, -0.2) is 6.61 Å². The Balaban J connectivity index is 2.96. The van der Waals surface area contributed by atoms with E-state index in [2.05, 4.69) is 6.58 Å². The first-order chi connectivity index (χ1) is 12.8. The number of anilines is 1. The zero-order valence-corrected chi connectivity index (χ0v) is 16.6. The predicted molar refractivity (Wildman–Crippen MR) is 114 cm³/mol. The van der Waals surface area contributed by atoms with Crippen molar-refractivity contribution >= 4 is 11.3 Å². The van der Waals surface area contributed by atoms with Crippen molar-refractivity contribution < 1.29 is 9.13 Å². The van der Waals surface area contributed by atoms with Gasteiger partial charge in [-0.15, -0.1) is 0 Å². The minimum Gasteiger partial charge on any atom is -0.497 e. The van der Waals surface area contributed by atoms with Crippen molar-refractivity contribution in [3.63, 3.8) is 0 Å². The third-order valence-electron chi connectivity index (χ3n) is 3.87. The Hall–Kier alpha value is -3.01. The summed E-state index contributed by atoms with van der Waals surface area (Å²) < 4.78 is 19.7. The van der Waals surface area contributed by atoms with Gasteiger partial charge in [0, 0.05) is 17.5 Å². The van der Waals surface area contributed by atoms with E-state index in [1.54, 1.807) is 24.5 Å². The van der Waals surface area contributed by atoms with Gasteiger partial charge in [-0.2, -0.15) is 0 Å². The summed E-state index contributed by atoms with van der Waals surface area (Å²) in [7, 11) is 0. The van der Waals surface area contributed by atoms with Crippen molar-refractivity contribution in [2.75, 3.05) is 12.3 Å². The molecular weight excluding hydrogens is 339 g/mol. The monoisotopic (exact) mass is 368 g/mol. The molecule has 0 saturated carbocycles. The van der Waals surface area contributed by atoms with Crippen LogP contribution in [0, 0.1) is 5.82 Å². The van der Waals surface area contributed by atoms with Crippen molar-refractivity contribution in [1.29, 1.82) is 0 Å². The van der Waals surface area contributed by atoms with Crippen molar-refractivity contribution in [3.05, 3.63) is 95.2 Å². The quantitative estimate of drug-likeness (QED) is 0.205. The van der Waals surface area contributed by atoms with E-state index in [4.69, 9.17) is 16.2 Å². The number of hydrogen-bond donors (Lipinski definition) is 2. The van der Waals surface area contributed by atoms with Gasteiger partial charge in [0.2, 0.25) is 0 Å². The van der Waals surface area contributed by atoms with Gasteiger partial charge in [0.1, 0.15) is 12.4 Å². The van der Waals surface area contributed by atoms with Crippen LogP contribution in [-0.2, 0) is 4.74 Å². The van der Waals surface area contributed by atoms with Crippen LogP contribution < -0.4 is 11.5 Å². The number of ether oxygens (including phenoxy) is 1. The van der Waals surface area contributed by atoms with Gasteiger partial charge in [0.05, 0.1) is 6.26 Å². The van der Waals surface area contributed by atoms with Crippen LogP contribution >= 0.6 is 0 Å².